The smallest absolute Gasteiger partial charge is 0.118 e. The van der Waals surface area contributed by atoms with Crippen LogP contribution in [0, 0.1) is 6.92 Å². The maximum absolute atomic E-state index is 5.17. The molecule has 0 aliphatic rings. The van der Waals surface area contributed by atoms with Crippen molar-refractivity contribution >= 4 is 31.9 Å². The van der Waals surface area contributed by atoms with E-state index in [1.165, 1.54) is 16.7 Å². The number of ether oxygens (including phenoxy) is 1. The summed E-state index contributed by atoms with van der Waals surface area (Å²) in [5.74, 6) is 0.895. The van der Waals surface area contributed by atoms with Crippen LogP contribution in [0.2, 0.25) is 0 Å². The molecule has 2 rings (SSSR count). The van der Waals surface area contributed by atoms with Crippen LogP contribution >= 0.6 is 31.9 Å². The minimum absolute atomic E-state index is 0.301. The van der Waals surface area contributed by atoms with E-state index in [1.54, 1.807) is 7.11 Å². The van der Waals surface area contributed by atoms with Crippen LogP contribution in [-0.4, -0.2) is 7.11 Å². The Bertz CT molecular complexity index is 549. The van der Waals surface area contributed by atoms with Gasteiger partial charge in [0.05, 0.1) is 7.11 Å². The van der Waals surface area contributed by atoms with E-state index in [9.17, 15) is 0 Å². The van der Waals surface area contributed by atoms with E-state index in [1.807, 2.05) is 12.1 Å². The molecule has 0 bridgehead atoms. The molecule has 1 unspecified atom stereocenters. The van der Waals surface area contributed by atoms with Crippen molar-refractivity contribution in [3.05, 3.63) is 63.6 Å². The summed E-state index contributed by atoms with van der Waals surface area (Å²) in [6.45, 7) is 2.11. The molecular formula is C16H16Br2O. The second kappa shape index (κ2) is 6.58. The maximum Gasteiger partial charge on any atom is 0.118 e. The molecule has 2 aromatic carbocycles. The lowest BCUT2D eigenvalue weighted by molar-refractivity contribution is 0.414. The summed E-state index contributed by atoms with van der Waals surface area (Å²) in [6.07, 6.45) is 0.950. The van der Waals surface area contributed by atoms with Crippen molar-refractivity contribution in [1.29, 1.82) is 0 Å². The second-order valence-electron chi connectivity index (χ2n) is 4.54. The SMILES string of the molecule is COc1ccc(CC(Br)c2cc(C)ccc2Br)cc1. The largest absolute Gasteiger partial charge is 0.497 e. The molecule has 0 amide bonds. The van der Waals surface area contributed by atoms with E-state index in [0.717, 1.165) is 16.6 Å². The predicted molar refractivity (Wildman–Crippen MR) is 87.2 cm³/mol. The van der Waals surface area contributed by atoms with E-state index < -0.39 is 0 Å². The highest BCUT2D eigenvalue weighted by Gasteiger charge is 2.12. The Hall–Kier alpha value is -0.800. The summed E-state index contributed by atoms with van der Waals surface area (Å²) in [7, 11) is 1.69. The summed E-state index contributed by atoms with van der Waals surface area (Å²) in [6, 6.07) is 14.6. The fourth-order valence-electron chi connectivity index (χ4n) is 1.98. The quantitative estimate of drug-likeness (QED) is 0.638. The molecule has 1 nitrogen and oxygen atoms in total. The Labute approximate surface area is 131 Å². The van der Waals surface area contributed by atoms with Crippen molar-refractivity contribution in [2.75, 3.05) is 7.11 Å². The molecule has 2 aromatic rings. The van der Waals surface area contributed by atoms with Crippen molar-refractivity contribution in [2.45, 2.75) is 18.2 Å². The zero-order valence-corrected chi connectivity index (χ0v) is 14.2. The topological polar surface area (TPSA) is 9.23 Å². The highest BCUT2D eigenvalue weighted by molar-refractivity contribution is 9.11. The van der Waals surface area contributed by atoms with Gasteiger partial charge in [-0.15, -0.1) is 0 Å². The number of benzene rings is 2. The van der Waals surface area contributed by atoms with Gasteiger partial charge in [0.15, 0.2) is 0 Å². The summed E-state index contributed by atoms with van der Waals surface area (Å²) in [5.41, 5.74) is 3.85. The van der Waals surface area contributed by atoms with Gasteiger partial charge < -0.3 is 4.74 Å². The Kier molecular flexibility index (Phi) is 5.06. The van der Waals surface area contributed by atoms with Crippen molar-refractivity contribution in [3.8, 4) is 5.75 Å². The van der Waals surface area contributed by atoms with Crippen LogP contribution < -0.4 is 4.74 Å². The van der Waals surface area contributed by atoms with Crippen molar-refractivity contribution in [3.63, 3.8) is 0 Å². The lowest BCUT2D eigenvalue weighted by atomic mass is 10.0. The zero-order chi connectivity index (χ0) is 13.8. The molecule has 0 heterocycles. The summed E-state index contributed by atoms with van der Waals surface area (Å²) in [4.78, 5) is 0.301. The first-order valence-corrected chi connectivity index (χ1v) is 7.84. The number of hydrogen-bond acceptors (Lipinski definition) is 1. The molecule has 19 heavy (non-hydrogen) atoms. The Morgan fingerprint density at radius 3 is 2.42 bits per heavy atom. The minimum Gasteiger partial charge on any atom is -0.497 e. The van der Waals surface area contributed by atoms with E-state index in [2.05, 4.69) is 69.1 Å². The van der Waals surface area contributed by atoms with Gasteiger partial charge in [0, 0.05) is 9.30 Å². The molecule has 0 saturated heterocycles. The third kappa shape index (κ3) is 3.83. The van der Waals surface area contributed by atoms with E-state index >= 15 is 0 Å². The molecule has 100 valence electrons. The average Bonchev–Trinajstić information content (AvgIpc) is 2.42. The van der Waals surface area contributed by atoms with Gasteiger partial charge in [-0.2, -0.15) is 0 Å². The molecule has 0 saturated carbocycles. The Morgan fingerprint density at radius 1 is 1.11 bits per heavy atom. The van der Waals surface area contributed by atoms with E-state index in [0.29, 0.717) is 4.83 Å². The van der Waals surface area contributed by atoms with Gasteiger partial charge in [0.1, 0.15) is 5.75 Å². The highest BCUT2D eigenvalue weighted by Crippen LogP contribution is 2.33. The standard InChI is InChI=1S/C16H16Br2O/c1-11-3-8-15(17)14(9-11)16(18)10-12-4-6-13(19-2)7-5-12/h3-9,16H,10H2,1-2H3. The third-order valence-corrected chi connectivity index (χ3v) is 4.60. The molecule has 0 N–H and O–H groups in total. The fraction of sp³-hybridized carbons (Fsp3) is 0.250. The van der Waals surface area contributed by atoms with Gasteiger partial charge in [0.2, 0.25) is 0 Å². The van der Waals surface area contributed by atoms with Crippen LogP contribution in [-0.2, 0) is 6.42 Å². The fourth-order valence-corrected chi connectivity index (χ4v) is 3.56. The van der Waals surface area contributed by atoms with Crippen LogP contribution in [0.25, 0.3) is 0 Å². The van der Waals surface area contributed by atoms with Gasteiger partial charge in [0.25, 0.3) is 0 Å². The molecular weight excluding hydrogens is 368 g/mol. The first kappa shape index (κ1) is 14.6. The molecule has 0 radical (unpaired) electrons. The van der Waals surface area contributed by atoms with Crippen molar-refractivity contribution < 1.29 is 4.74 Å². The summed E-state index contributed by atoms with van der Waals surface area (Å²) >= 11 is 7.40. The summed E-state index contributed by atoms with van der Waals surface area (Å²) < 4.78 is 6.32. The number of rotatable bonds is 4. The number of hydrogen-bond donors (Lipinski definition) is 0. The normalized spacial score (nSPS) is 12.2. The molecule has 0 aromatic heterocycles. The van der Waals surface area contributed by atoms with Crippen LogP contribution in [0.4, 0.5) is 0 Å². The second-order valence-corrected chi connectivity index (χ2v) is 6.50. The molecule has 3 heteroatoms. The monoisotopic (exact) mass is 382 g/mol. The lowest BCUT2D eigenvalue weighted by Gasteiger charge is -2.13. The van der Waals surface area contributed by atoms with Gasteiger partial charge >= 0.3 is 0 Å². The van der Waals surface area contributed by atoms with Crippen LogP contribution in [0.1, 0.15) is 21.5 Å². The first-order valence-electron chi connectivity index (χ1n) is 6.13. The van der Waals surface area contributed by atoms with E-state index in [-0.39, 0.29) is 0 Å². The van der Waals surface area contributed by atoms with Crippen molar-refractivity contribution in [2.24, 2.45) is 0 Å². The lowest BCUT2D eigenvalue weighted by Crippen LogP contribution is -1.97. The van der Waals surface area contributed by atoms with Gasteiger partial charge in [-0.1, -0.05) is 61.7 Å². The Morgan fingerprint density at radius 2 is 1.79 bits per heavy atom. The number of halogens is 2. The molecule has 0 aliphatic heterocycles. The summed E-state index contributed by atoms with van der Waals surface area (Å²) in [5, 5.41) is 0. The van der Waals surface area contributed by atoms with Crippen LogP contribution in [0.3, 0.4) is 0 Å². The van der Waals surface area contributed by atoms with Crippen molar-refractivity contribution in [1.82, 2.24) is 0 Å². The number of aryl methyl sites for hydroxylation is 1. The van der Waals surface area contributed by atoms with Gasteiger partial charge in [-0.3, -0.25) is 0 Å². The molecule has 0 spiro atoms. The number of methoxy groups -OCH3 is 1. The third-order valence-electron chi connectivity index (χ3n) is 3.06. The minimum atomic E-state index is 0.301. The molecule has 0 fully saturated rings. The van der Waals surface area contributed by atoms with Gasteiger partial charge in [-0.05, 0) is 42.7 Å². The molecule has 1 atom stereocenters. The average molecular weight is 384 g/mol. The molecule has 0 aliphatic carbocycles. The van der Waals surface area contributed by atoms with E-state index in [4.69, 9.17) is 4.74 Å². The number of alkyl halides is 1. The van der Waals surface area contributed by atoms with Gasteiger partial charge in [-0.25, -0.2) is 0 Å². The Balaban J connectivity index is 2.15. The highest BCUT2D eigenvalue weighted by atomic mass is 79.9. The van der Waals surface area contributed by atoms with Crippen LogP contribution in [0.5, 0.6) is 5.75 Å². The van der Waals surface area contributed by atoms with Crippen LogP contribution in [0.15, 0.2) is 46.9 Å². The first-order chi connectivity index (χ1) is 9.10. The zero-order valence-electron chi connectivity index (χ0n) is 11.0. The predicted octanol–water partition coefficient (Wildman–Crippen LogP) is 5.44. The maximum atomic E-state index is 5.17.